The van der Waals surface area contributed by atoms with Crippen molar-refractivity contribution in [2.24, 2.45) is 7.05 Å². The van der Waals surface area contributed by atoms with E-state index < -0.39 is 5.60 Å². The highest BCUT2D eigenvalue weighted by atomic mass is 16.6. The molecule has 3 rings (SSSR count). The Morgan fingerprint density at radius 1 is 1.11 bits per heavy atom. The number of fused-ring (bicyclic) bond motifs is 1. The van der Waals surface area contributed by atoms with Crippen molar-refractivity contribution in [3.05, 3.63) is 57.0 Å². The van der Waals surface area contributed by atoms with Crippen LogP contribution in [0.15, 0.2) is 29.2 Å². The summed E-state index contributed by atoms with van der Waals surface area (Å²) in [5, 5.41) is 0. The average Bonchev–Trinajstić information content (AvgIpc) is 2.58. The molecule has 0 N–H and O–H groups in total. The predicted molar refractivity (Wildman–Crippen MR) is 107 cm³/mol. The number of nitrogens with zero attached hydrogens (tertiary/aromatic N) is 2. The largest absolute Gasteiger partial charge is 0.444 e. The molecule has 0 bridgehead atoms. The van der Waals surface area contributed by atoms with E-state index in [1.54, 1.807) is 16.5 Å². The van der Waals surface area contributed by atoms with Crippen molar-refractivity contribution in [2.45, 2.75) is 53.2 Å². The van der Waals surface area contributed by atoms with Crippen LogP contribution in [0.25, 0.3) is 11.1 Å². The van der Waals surface area contributed by atoms with E-state index in [-0.39, 0.29) is 11.7 Å². The minimum Gasteiger partial charge on any atom is -0.444 e. The topological polar surface area (TPSA) is 51.5 Å². The Kier molecular flexibility index (Phi) is 4.89. The Balaban J connectivity index is 2.05. The van der Waals surface area contributed by atoms with Crippen molar-refractivity contribution in [1.82, 2.24) is 9.47 Å². The third kappa shape index (κ3) is 3.92. The molecular formula is C22H28N2O3. The maximum Gasteiger partial charge on any atom is 0.410 e. The maximum absolute atomic E-state index is 12.7. The fourth-order valence-electron chi connectivity index (χ4n) is 3.43. The van der Waals surface area contributed by atoms with E-state index in [1.165, 1.54) is 11.1 Å². The van der Waals surface area contributed by atoms with Crippen LogP contribution in [0.3, 0.4) is 0 Å². The third-order valence-electron chi connectivity index (χ3n) is 5.04. The molecule has 1 aliphatic heterocycles. The lowest BCUT2D eigenvalue weighted by atomic mass is 9.92. The number of benzene rings is 1. The monoisotopic (exact) mass is 368 g/mol. The Morgan fingerprint density at radius 2 is 1.81 bits per heavy atom. The number of hydrogen-bond donors (Lipinski definition) is 0. The fraction of sp³-hybridized carbons (Fsp3) is 0.455. The van der Waals surface area contributed by atoms with Crippen LogP contribution < -0.4 is 5.56 Å². The van der Waals surface area contributed by atoms with Gasteiger partial charge in [-0.2, -0.15) is 0 Å². The maximum atomic E-state index is 12.7. The molecule has 0 fully saturated rings. The van der Waals surface area contributed by atoms with Crippen LogP contribution in [0.5, 0.6) is 0 Å². The standard InChI is InChI=1S/C22H28N2O3/c1-14-7-8-16(11-15(14)2)18-12-23(6)20(25)17-9-10-24(13-19(17)18)21(26)27-22(3,4)5/h7-8,11-12H,9-10,13H2,1-6H3. The van der Waals surface area contributed by atoms with Gasteiger partial charge in [-0.25, -0.2) is 4.79 Å². The predicted octanol–water partition coefficient (Wildman–Crippen LogP) is 3.96. The molecule has 1 amide bonds. The van der Waals surface area contributed by atoms with E-state index in [0.29, 0.717) is 19.5 Å². The van der Waals surface area contributed by atoms with Crippen LogP contribution in [0.4, 0.5) is 4.79 Å². The lowest BCUT2D eigenvalue weighted by molar-refractivity contribution is 0.0224. The molecule has 0 spiro atoms. The van der Waals surface area contributed by atoms with Crippen LogP contribution in [-0.4, -0.2) is 27.7 Å². The van der Waals surface area contributed by atoms with E-state index in [0.717, 1.165) is 22.3 Å². The van der Waals surface area contributed by atoms with Gasteiger partial charge in [0.25, 0.3) is 5.56 Å². The second-order valence-corrected chi connectivity index (χ2v) is 8.37. The number of carbonyl (C=O) groups excluding carboxylic acids is 1. The average molecular weight is 368 g/mol. The Bertz CT molecular complexity index is 951. The smallest absolute Gasteiger partial charge is 0.410 e. The number of amides is 1. The van der Waals surface area contributed by atoms with Gasteiger partial charge in [0, 0.05) is 30.9 Å². The first-order valence-corrected chi connectivity index (χ1v) is 9.34. The number of carbonyl (C=O) groups is 1. The van der Waals surface area contributed by atoms with Crippen LogP contribution in [0, 0.1) is 13.8 Å². The Morgan fingerprint density at radius 3 is 2.44 bits per heavy atom. The third-order valence-corrected chi connectivity index (χ3v) is 5.04. The molecular weight excluding hydrogens is 340 g/mol. The summed E-state index contributed by atoms with van der Waals surface area (Å²) in [5.74, 6) is 0. The molecule has 2 heterocycles. The zero-order valence-corrected chi connectivity index (χ0v) is 17.0. The Labute approximate surface area is 160 Å². The molecule has 1 aliphatic rings. The quantitative estimate of drug-likeness (QED) is 0.765. The molecule has 0 saturated heterocycles. The summed E-state index contributed by atoms with van der Waals surface area (Å²) in [5.41, 5.74) is 5.70. The molecule has 0 atom stereocenters. The summed E-state index contributed by atoms with van der Waals surface area (Å²) in [6, 6.07) is 6.31. The van der Waals surface area contributed by atoms with E-state index in [1.807, 2.05) is 27.0 Å². The molecule has 0 unspecified atom stereocenters. The van der Waals surface area contributed by atoms with Gasteiger partial charge in [-0.15, -0.1) is 0 Å². The highest BCUT2D eigenvalue weighted by molar-refractivity contribution is 5.72. The van der Waals surface area contributed by atoms with Crippen molar-refractivity contribution in [3.63, 3.8) is 0 Å². The second kappa shape index (κ2) is 6.87. The fourth-order valence-corrected chi connectivity index (χ4v) is 3.43. The molecule has 1 aromatic heterocycles. The van der Waals surface area contributed by atoms with Crippen LogP contribution in [0.2, 0.25) is 0 Å². The lowest BCUT2D eigenvalue weighted by Crippen LogP contribution is -2.42. The number of pyridine rings is 1. The summed E-state index contributed by atoms with van der Waals surface area (Å²) in [7, 11) is 1.79. The summed E-state index contributed by atoms with van der Waals surface area (Å²) >= 11 is 0. The van der Waals surface area contributed by atoms with Crippen molar-refractivity contribution in [1.29, 1.82) is 0 Å². The number of aromatic nitrogens is 1. The molecule has 144 valence electrons. The van der Waals surface area contributed by atoms with E-state index >= 15 is 0 Å². The number of aryl methyl sites for hydroxylation is 3. The van der Waals surface area contributed by atoms with E-state index in [9.17, 15) is 9.59 Å². The highest BCUT2D eigenvalue weighted by Gasteiger charge is 2.29. The highest BCUT2D eigenvalue weighted by Crippen LogP contribution is 2.30. The molecule has 27 heavy (non-hydrogen) atoms. The zero-order chi connectivity index (χ0) is 19.9. The van der Waals surface area contributed by atoms with Crippen molar-refractivity contribution in [2.75, 3.05) is 6.54 Å². The van der Waals surface area contributed by atoms with Gasteiger partial charge in [-0.1, -0.05) is 18.2 Å². The number of hydrogen-bond acceptors (Lipinski definition) is 3. The minimum absolute atomic E-state index is 0.0152. The van der Waals surface area contributed by atoms with E-state index in [2.05, 4.69) is 32.0 Å². The zero-order valence-electron chi connectivity index (χ0n) is 17.0. The summed E-state index contributed by atoms with van der Waals surface area (Å²) < 4.78 is 7.18. The molecule has 0 radical (unpaired) electrons. The first-order chi connectivity index (χ1) is 12.6. The van der Waals surface area contributed by atoms with Gasteiger partial charge < -0.3 is 14.2 Å². The van der Waals surface area contributed by atoms with Gasteiger partial charge >= 0.3 is 6.09 Å². The molecule has 0 aliphatic carbocycles. The summed E-state index contributed by atoms with van der Waals surface area (Å²) in [6.45, 7) is 10.6. The number of ether oxygens (including phenoxy) is 1. The summed E-state index contributed by atoms with van der Waals surface area (Å²) in [4.78, 5) is 26.9. The van der Waals surface area contributed by atoms with E-state index in [4.69, 9.17) is 4.74 Å². The van der Waals surface area contributed by atoms with Gasteiger partial charge in [0.1, 0.15) is 5.60 Å². The van der Waals surface area contributed by atoms with Gasteiger partial charge in [-0.05, 0) is 63.3 Å². The van der Waals surface area contributed by atoms with Crippen LogP contribution in [-0.2, 0) is 24.8 Å². The van der Waals surface area contributed by atoms with Gasteiger partial charge in [-0.3, -0.25) is 4.79 Å². The van der Waals surface area contributed by atoms with Crippen molar-refractivity contribution >= 4 is 6.09 Å². The molecule has 5 heteroatoms. The minimum atomic E-state index is -0.541. The van der Waals surface area contributed by atoms with Crippen LogP contribution >= 0.6 is 0 Å². The second-order valence-electron chi connectivity index (χ2n) is 8.37. The van der Waals surface area contributed by atoms with Crippen molar-refractivity contribution < 1.29 is 9.53 Å². The van der Waals surface area contributed by atoms with Gasteiger partial charge in [0.05, 0.1) is 6.54 Å². The van der Waals surface area contributed by atoms with Crippen LogP contribution in [0.1, 0.15) is 43.0 Å². The molecule has 2 aromatic rings. The first kappa shape index (κ1) is 19.2. The van der Waals surface area contributed by atoms with Gasteiger partial charge in [0.2, 0.25) is 0 Å². The summed E-state index contributed by atoms with van der Waals surface area (Å²) in [6.07, 6.45) is 2.09. The lowest BCUT2D eigenvalue weighted by Gasteiger charge is -2.32. The van der Waals surface area contributed by atoms with Crippen molar-refractivity contribution in [3.8, 4) is 11.1 Å². The Hall–Kier alpha value is -2.56. The molecule has 1 aromatic carbocycles. The normalized spacial score (nSPS) is 14.1. The SMILES string of the molecule is Cc1ccc(-c2cn(C)c(=O)c3c2CN(C(=O)OC(C)(C)C)CC3)cc1C. The number of rotatable bonds is 1. The van der Waals surface area contributed by atoms with Gasteiger partial charge in [0.15, 0.2) is 0 Å². The molecule has 0 saturated carbocycles. The first-order valence-electron chi connectivity index (χ1n) is 9.34. The molecule has 5 nitrogen and oxygen atoms in total.